The molecule has 0 saturated heterocycles. The van der Waals surface area contributed by atoms with Crippen LogP contribution >= 0.6 is 0 Å². The third-order valence-corrected chi connectivity index (χ3v) is 5.52. The highest BCUT2D eigenvalue weighted by Gasteiger charge is 2.19. The Balaban J connectivity index is 1.36. The van der Waals surface area contributed by atoms with Gasteiger partial charge >= 0.3 is 0 Å². The van der Waals surface area contributed by atoms with Crippen molar-refractivity contribution < 1.29 is 9.72 Å². The van der Waals surface area contributed by atoms with Crippen LogP contribution in [0.1, 0.15) is 38.2 Å². The molecule has 0 atom stereocenters. The fourth-order valence-corrected chi connectivity index (χ4v) is 3.62. The number of hydrogen-bond donors (Lipinski definition) is 1. The summed E-state index contributed by atoms with van der Waals surface area (Å²) in [6.07, 6.45) is 1.57. The maximum absolute atomic E-state index is 12.1. The van der Waals surface area contributed by atoms with E-state index in [2.05, 4.69) is 41.4 Å². The molecular formula is C24H22N4O3. The standard InChI is InChI=1S/C24H22N4O3/c1-16-11-20-14-27(15-21(20)12-17(16)2)22-7-3-18(4-8-22)13-25-26-24(29)19-5-9-23(10-6-19)28(30)31/h3-13H,14-15H2,1-2H3,(H,26,29)/b25-13+. The van der Waals surface area contributed by atoms with Crippen molar-refractivity contribution in [2.45, 2.75) is 26.9 Å². The van der Waals surface area contributed by atoms with Gasteiger partial charge in [-0.15, -0.1) is 0 Å². The lowest BCUT2D eigenvalue weighted by Gasteiger charge is -2.17. The van der Waals surface area contributed by atoms with Gasteiger partial charge < -0.3 is 4.90 Å². The highest BCUT2D eigenvalue weighted by molar-refractivity contribution is 5.95. The number of rotatable bonds is 5. The Morgan fingerprint density at radius 3 is 2.13 bits per heavy atom. The number of non-ortho nitro benzene ring substituents is 1. The minimum Gasteiger partial charge on any atom is -0.363 e. The number of amides is 1. The van der Waals surface area contributed by atoms with Gasteiger partial charge in [0.1, 0.15) is 0 Å². The molecule has 1 aliphatic rings. The molecule has 1 aliphatic heterocycles. The number of hydrogen-bond acceptors (Lipinski definition) is 5. The zero-order chi connectivity index (χ0) is 22.0. The minimum atomic E-state index is -0.508. The number of carbonyl (C=O) groups is 1. The number of nitro benzene ring substituents is 1. The summed E-state index contributed by atoms with van der Waals surface area (Å²) in [6.45, 7) is 6.09. The van der Waals surface area contributed by atoms with E-state index in [1.807, 2.05) is 24.3 Å². The van der Waals surface area contributed by atoms with Crippen molar-refractivity contribution >= 4 is 23.5 Å². The van der Waals surface area contributed by atoms with Gasteiger partial charge in [0, 0.05) is 36.5 Å². The van der Waals surface area contributed by atoms with Crippen LogP contribution in [0.3, 0.4) is 0 Å². The summed E-state index contributed by atoms with van der Waals surface area (Å²) in [4.78, 5) is 24.6. The van der Waals surface area contributed by atoms with Crippen LogP contribution in [0.4, 0.5) is 11.4 Å². The summed E-state index contributed by atoms with van der Waals surface area (Å²) in [7, 11) is 0. The van der Waals surface area contributed by atoms with E-state index in [0.29, 0.717) is 5.56 Å². The Kier molecular flexibility index (Phi) is 5.49. The maximum Gasteiger partial charge on any atom is 0.271 e. The van der Waals surface area contributed by atoms with Gasteiger partial charge in [0.2, 0.25) is 0 Å². The molecule has 31 heavy (non-hydrogen) atoms. The molecule has 0 unspecified atom stereocenters. The van der Waals surface area contributed by atoms with Crippen LogP contribution in [0.25, 0.3) is 0 Å². The van der Waals surface area contributed by atoms with Gasteiger partial charge in [-0.1, -0.05) is 24.3 Å². The first-order valence-corrected chi connectivity index (χ1v) is 9.92. The predicted octanol–water partition coefficient (Wildman–Crippen LogP) is 4.50. The van der Waals surface area contributed by atoms with Crippen LogP contribution in [-0.2, 0) is 13.1 Å². The van der Waals surface area contributed by atoms with Crippen LogP contribution in [0.5, 0.6) is 0 Å². The lowest BCUT2D eigenvalue weighted by molar-refractivity contribution is -0.384. The van der Waals surface area contributed by atoms with E-state index in [-0.39, 0.29) is 5.69 Å². The molecular weight excluding hydrogens is 392 g/mol. The third-order valence-electron chi connectivity index (χ3n) is 5.52. The summed E-state index contributed by atoms with van der Waals surface area (Å²) in [6, 6.07) is 17.9. The van der Waals surface area contributed by atoms with Crippen molar-refractivity contribution in [3.05, 3.63) is 104 Å². The summed E-state index contributed by atoms with van der Waals surface area (Å²) in [5.74, 6) is -0.428. The van der Waals surface area contributed by atoms with E-state index < -0.39 is 10.8 Å². The van der Waals surface area contributed by atoms with E-state index >= 15 is 0 Å². The molecule has 4 rings (SSSR count). The van der Waals surface area contributed by atoms with E-state index in [1.54, 1.807) is 6.21 Å². The van der Waals surface area contributed by atoms with Crippen molar-refractivity contribution in [1.29, 1.82) is 0 Å². The highest BCUT2D eigenvalue weighted by Crippen LogP contribution is 2.30. The van der Waals surface area contributed by atoms with E-state index in [0.717, 1.165) is 24.3 Å². The molecule has 3 aromatic rings. The second-order valence-electron chi connectivity index (χ2n) is 7.66. The lowest BCUT2D eigenvalue weighted by Crippen LogP contribution is -2.17. The molecule has 0 aliphatic carbocycles. The topological polar surface area (TPSA) is 87.8 Å². The zero-order valence-corrected chi connectivity index (χ0v) is 17.3. The number of nitrogens with zero attached hydrogens (tertiary/aromatic N) is 3. The van der Waals surface area contributed by atoms with Gasteiger partial charge in [-0.2, -0.15) is 5.10 Å². The van der Waals surface area contributed by atoms with E-state index in [9.17, 15) is 14.9 Å². The Bertz CT molecular complexity index is 1140. The zero-order valence-electron chi connectivity index (χ0n) is 17.3. The quantitative estimate of drug-likeness (QED) is 0.378. The first-order valence-electron chi connectivity index (χ1n) is 9.92. The highest BCUT2D eigenvalue weighted by atomic mass is 16.6. The minimum absolute atomic E-state index is 0.0634. The number of nitrogens with one attached hydrogen (secondary N) is 1. The van der Waals surface area contributed by atoms with Gasteiger partial charge in [-0.25, -0.2) is 5.43 Å². The molecule has 1 amide bonds. The van der Waals surface area contributed by atoms with Crippen molar-refractivity contribution in [2.24, 2.45) is 5.10 Å². The Morgan fingerprint density at radius 2 is 1.58 bits per heavy atom. The third kappa shape index (κ3) is 4.45. The predicted molar refractivity (Wildman–Crippen MR) is 120 cm³/mol. The summed E-state index contributed by atoms with van der Waals surface area (Å²) >= 11 is 0. The lowest BCUT2D eigenvalue weighted by atomic mass is 10.0. The van der Waals surface area contributed by atoms with Crippen LogP contribution in [0, 0.1) is 24.0 Å². The van der Waals surface area contributed by atoms with Crippen molar-refractivity contribution in [2.75, 3.05) is 4.90 Å². The molecule has 0 radical (unpaired) electrons. The molecule has 7 heteroatoms. The summed E-state index contributed by atoms with van der Waals surface area (Å²) in [5.41, 5.74) is 10.1. The normalized spacial score (nSPS) is 12.8. The number of carbonyl (C=O) groups excluding carboxylic acids is 1. The molecule has 1 N–H and O–H groups in total. The molecule has 0 bridgehead atoms. The number of aryl methyl sites for hydroxylation is 2. The van der Waals surface area contributed by atoms with E-state index in [4.69, 9.17) is 0 Å². The van der Waals surface area contributed by atoms with Gasteiger partial charge in [0.25, 0.3) is 11.6 Å². The van der Waals surface area contributed by atoms with Gasteiger partial charge in [0.05, 0.1) is 11.1 Å². The fraction of sp³-hybridized carbons (Fsp3) is 0.167. The number of nitro groups is 1. The first-order chi connectivity index (χ1) is 14.9. The molecule has 7 nitrogen and oxygen atoms in total. The summed E-state index contributed by atoms with van der Waals surface area (Å²) in [5, 5.41) is 14.7. The Labute approximate surface area is 180 Å². The van der Waals surface area contributed by atoms with Crippen LogP contribution in [0.15, 0.2) is 65.8 Å². The second-order valence-corrected chi connectivity index (χ2v) is 7.66. The van der Waals surface area contributed by atoms with Crippen LogP contribution in [0.2, 0.25) is 0 Å². The van der Waals surface area contributed by atoms with Crippen molar-refractivity contribution in [3.8, 4) is 0 Å². The average Bonchev–Trinajstić information content (AvgIpc) is 3.17. The average molecular weight is 414 g/mol. The largest absolute Gasteiger partial charge is 0.363 e. The maximum atomic E-state index is 12.1. The number of hydrazone groups is 1. The molecule has 0 aromatic heterocycles. The van der Waals surface area contributed by atoms with E-state index in [1.165, 1.54) is 46.5 Å². The molecule has 1 heterocycles. The van der Waals surface area contributed by atoms with Gasteiger partial charge in [0.15, 0.2) is 0 Å². The molecule has 0 saturated carbocycles. The second kappa shape index (κ2) is 8.39. The summed E-state index contributed by atoms with van der Waals surface area (Å²) < 4.78 is 0. The molecule has 0 spiro atoms. The number of fused-ring (bicyclic) bond motifs is 1. The SMILES string of the molecule is Cc1cc2c(cc1C)CN(c1ccc(/C=N/NC(=O)c3ccc([N+](=O)[O-])cc3)cc1)C2. The van der Waals surface area contributed by atoms with Crippen LogP contribution in [-0.4, -0.2) is 17.0 Å². The Hall–Kier alpha value is -4.00. The van der Waals surface area contributed by atoms with Crippen molar-refractivity contribution in [1.82, 2.24) is 5.43 Å². The number of anilines is 1. The number of benzene rings is 3. The first kappa shape index (κ1) is 20.3. The van der Waals surface area contributed by atoms with Gasteiger partial charge in [-0.05, 0) is 65.9 Å². The smallest absolute Gasteiger partial charge is 0.271 e. The Morgan fingerprint density at radius 1 is 1.00 bits per heavy atom. The molecule has 156 valence electrons. The monoisotopic (exact) mass is 414 g/mol. The fourth-order valence-electron chi connectivity index (χ4n) is 3.62. The molecule has 0 fully saturated rings. The van der Waals surface area contributed by atoms with Gasteiger partial charge in [-0.3, -0.25) is 14.9 Å². The van der Waals surface area contributed by atoms with Crippen molar-refractivity contribution in [3.63, 3.8) is 0 Å². The van der Waals surface area contributed by atoms with Crippen LogP contribution < -0.4 is 10.3 Å². The molecule has 3 aromatic carbocycles.